The van der Waals surface area contributed by atoms with E-state index in [-0.39, 0.29) is 22.7 Å². The number of carbonyl (C=O) groups excluding carboxylic acids is 2. The number of aromatic nitrogens is 1. The number of allylic oxidation sites excluding steroid dienone is 1. The maximum Gasteiger partial charge on any atom is 0.419 e. The average Bonchev–Trinajstić information content (AvgIpc) is 3.39. The van der Waals surface area contributed by atoms with E-state index in [0.29, 0.717) is 12.3 Å². The van der Waals surface area contributed by atoms with Crippen molar-refractivity contribution in [1.29, 1.82) is 0 Å². The van der Waals surface area contributed by atoms with Gasteiger partial charge in [0.15, 0.2) is 11.6 Å². The fraction of sp³-hybridized carbons (Fsp3) is 0.625. The molecule has 2 aromatic rings. The number of ketones is 1. The molecule has 3 heterocycles. The van der Waals surface area contributed by atoms with Crippen molar-refractivity contribution in [2.45, 2.75) is 115 Å². The van der Waals surface area contributed by atoms with Crippen molar-refractivity contribution in [2.24, 2.45) is 11.3 Å². The molecule has 7 rings (SSSR count). The minimum Gasteiger partial charge on any atom is -0.443 e. The molecule has 1 saturated carbocycles. The van der Waals surface area contributed by atoms with Gasteiger partial charge in [0.05, 0.1) is 11.1 Å². The van der Waals surface area contributed by atoms with Crippen molar-refractivity contribution in [3.05, 3.63) is 46.7 Å². The Balaban J connectivity index is 1.45. The highest BCUT2D eigenvalue weighted by Crippen LogP contribution is 2.69. The number of Topliss-reactive ketones (excluding diaryl/α,β-unsaturated/α-hetero) is 1. The Morgan fingerprint density at radius 3 is 2.55 bits per heavy atom. The predicted molar refractivity (Wildman–Crippen MR) is 144 cm³/mol. The van der Waals surface area contributed by atoms with Crippen LogP contribution in [-0.4, -0.2) is 39.5 Å². The molecule has 2 saturated heterocycles. The van der Waals surface area contributed by atoms with E-state index in [1.165, 1.54) is 11.1 Å². The quantitative estimate of drug-likeness (QED) is 0.368. The van der Waals surface area contributed by atoms with Gasteiger partial charge < -0.3 is 14.2 Å². The van der Waals surface area contributed by atoms with Crippen molar-refractivity contribution in [1.82, 2.24) is 4.57 Å². The molecule has 3 fully saturated rings. The second kappa shape index (κ2) is 7.19. The first-order valence-corrected chi connectivity index (χ1v) is 14.2. The smallest absolute Gasteiger partial charge is 0.419 e. The van der Waals surface area contributed by atoms with Crippen LogP contribution >= 0.6 is 0 Å². The van der Waals surface area contributed by atoms with Gasteiger partial charge in [-0.3, -0.25) is 4.79 Å². The van der Waals surface area contributed by atoms with E-state index < -0.39 is 23.1 Å². The van der Waals surface area contributed by atoms with Crippen LogP contribution in [-0.2, 0) is 30.8 Å². The summed E-state index contributed by atoms with van der Waals surface area (Å²) in [5.74, 6) is -0.264. The molecule has 1 aromatic heterocycles. The van der Waals surface area contributed by atoms with Gasteiger partial charge in [-0.05, 0) is 83.4 Å². The van der Waals surface area contributed by atoms with E-state index in [9.17, 15) is 9.59 Å². The second-order valence-electron chi connectivity index (χ2n) is 14.2. The lowest BCUT2D eigenvalue weighted by atomic mass is 9.47. The van der Waals surface area contributed by atoms with Crippen LogP contribution in [0, 0.1) is 11.3 Å². The molecular formula is C32H39NO5. The number of rotatable bonds is 0. The van der Waals surface area contributed by atoms with Crippen LogP contribution in [0.15, 0.2) is 35.4 Å². The lowest BCUT2D eigenvalue weighted by Gasteiger charge is -2.58. The highest BCUT2D eigenvalue weighted by atomic mass is 16.8. The number of ether oxygens (including phenoxy) is 3. The van der Waals surface area contributed by atoms with Gasteiger partial charge in [-0.15, -0.1) is 0 Å². The zero-order chi connectivity index (χ0) is 27.0. The molecule has 0 N–H and O–H groups in total. The standard InChI is InChI=1S/C32H39NO5/c1-28(2,3)37-27(35)33-23-11-9-8-10-19(23)20-16-18-12-13-21-22-17-24(34)26-29(4,5)38-32(22,36-26)15-14-30(21,6)31(18,7)25(20)33/h8-11,18,26H,12-17H2,1-7H3/t18-,26-,30-,31+,32-/m0/s1. The molecule has 0 radical (unpaired) electrons. The molecule has 1 spiro atoms. The number of nitrogens with zero attached hydrogens (tertiary/aromatic N) is 1. The molecular weight excluding hydrogens is 478 g/mol. The number of benzene rings is 1. The summed E-state index contributed by atoms with van der Waals surface area (Å²) in [6.07, 6.45) is 4.09. The van der Waals surface area contributed by atoms with Gasteiger partial charge in [0.1, 0.15) is 11.7 Å². The molecule has 0 unspecified atom stereocenters. The molecule has 2 aliphatic heterocycles. The normalized spacial score (nSPS) is 37.1. The molecule has 6 heteroatoms. The fourth-order valence-corrected chi connectivity index (χ4v) is 8.94. The van der Waals surface area contributed by atoms with Crippen molar-refractivity contribution >= 4 is 22.8 Å². The van der Waals surface area contributed by atoms with Gasteiger partial charge in [0.2, 0.25) is 0 Å². The Hall–Kier alpha value is -2.44. The SMILES string of the molecule is CC(C)(C)OC(=O)n1c2c(c3ccccc31)C[C@@H]1CCC3=C4CC(=O)[C@@H]5O[C@@]4(CC[C@]3(C)[C@@]21C)OC5(C)C. The summed E-state index contributed by atoms with van der Waals surface area (Å²) in [7, 11) is 0. The number of fused-ring (bicyclic) bond motifs is 8. The monoisotopic (exact) mass is 517 g/mol. The minimum atomic E-state index is -0.792. The van der Waals surface area contributed by atoms with Crippen molar-refractivity contribution < 1.29 is 23.8 Å². The van der Waals surface area contributed by atoms with Gasteiger partial charge in [-0.1, -0.05) is 37.6 Å². The summed E-state index contributed by atoms with van der Waals surface area (Å²) >= 11 is 0. The first kappa shape index (κ1) is 24.6. The van der Waals surface area contributed by atoms with E-state index >= 15 is 0 Å². The third-order valence-electron chi connectivity index (χ3n) is 10.7. The van der Waals surface area contributed by atoms with E-state index in [1.807, 2.05) is 51.3 Å². The van der Waals surface area contributed by atoms with Crippen LogP contribution < -0.4 is 0 Å². The Labute approximate surface area is 224 Å². The lowest BCUT2D eigenvalue weighted by Crippen LogP contribution is -2.56. The summed E-state index contributed by atoms with van der Waals surface area (Å²) in [6.45, 7) is 14.5. The molecule has 5 aliphatic rings. The number of para-hydroxylation sites is 1. The summed E-state index contributed by atoms with van der Waals surface area (Å²) in [5.41, 5.74) is 3.92. The molecule has 6 nitrogen and oxygen atoms in total. The Morgan fingerprint density at radius 2 is 1.82 bits per heavy atom. The highest BCUT2D eigenvalue weighted by Gasteiger charge is 2.68. The van der Waals surface area contributed by atoms with Crippen LogP contribution in [0.2, 0.25) is 0 Å². The molecule has 2 bridgehead atoms. The number of carbonyl (C=O) groups is 2. The fourth-order valence-electron chi connectivity index (χ4n) is 8.94. The van der Waals surface area contributed by atoms with Crippen LogP contribution in [0.3, 0.4) is 0 Å². The van der Waals surface area contributed by atoms with Gasteiger partial charge in [0.25, 0.3) is 0 Å². The summed E-state index contributed by atoms with van der Waals surface area (Å²) < 4.78 is 21.0. The largest absolute Gasteiger partial charge is 0.443 e. The van der Waals surface area contributed by atoms with E-state index in [1.54, 1.807) is 0 Å². The zero-order valence-corrected chi connectivity index (χ0v) is 23.7. The maximum atomic E-state index is 13.9. The van der Waals surface area contributed by atoms with Crippen LogP contribution in [0.4, 0.5) is 4.79 Å². The molecule has 1 aromatic carbocycles. The van der Waals surface area contributed by atoms with Gasteiger partial charge >= 0.3 is 6.09 Å². The molecule has 202 valence electrons. The van der Waals surface area contributed by atoms with Crippen LogP contribution in [0.25, 0.3) is 10.9 Å². The van der Waals surface area contributed by atoms with E-state index in [2.05, 4.69) is 26.0 Å². The first-order chi connectivity index (χ1) is 17.7. The van der Waals surface area contributed by atoms with Crippen LogP contribution in [0.5, 0.6) is 0 Å². The Kier molecular flexibility index (Phi) is 4.65. The third kappa shape index (κ3) is 2.86. The second-order valence-corrected chi connectivity index (χ2v) is 14.2. The van der Waals surface area contributed by atoms with E-state index in [0.717, 1.165) is 54.3 Å². The van der Waals surface area contributed by atoms with Gasteiger partial charge in [0, 0.05) is 34.8 Å². The Bertz CT molecular complexity index is 1460. The average molecular weight is 518 g/mol. The summed E-state index contributed by atoms with van der Waals surface area (Å²) in [5, 5.41) is 1.15. The molecule has 5 atom stereocenters. The van der Waals surface area contributed by atoms with Gasteiger partial charge in [-0.2, -0.15) is 0 Å². The summed E-state index contributed by atoms with van der Waals surface area (Å²) in [6, 6.07) is 8.25. The lowest BCUT2D eigenvalue weighted by molar-refractivity contribution is -0.187. The van der Waals surface area contributed by atoms with Gasteiger partial charge in [-0.25, -0.2) is 9.36 Å². The van der Waals surface area contributed by atoms with Crippen LogP contribution in [0.1, 0.15) is 91.8 Å². The number of hydrogen-bond acceptors (Lipinski definition) is 5. The highest BCUT2D eigenvalue weighted by molar-refractivity contribution is 5.95. The molecule has 0 amide bonds. The molecule has 38 heavy (non-hydrogen) atoms. The molecule has 3 aliphatic carbocycles. The maximum absolute atomic E-state index is 13.9. The topological polar surface area (TPSA) is 66.8 Å². The Morgan fingerprint density at radius 1 is 1.08 bits per heavy atom. The minimum absolute atomic E-state index is 0.122. The predicted octanol–water partition coefficient (Wildman–Crippen LogP) is 6.61. The van der Waals surface area contributed by atoms with Crippen molar-refractivity contribution in [3.63, 3.8) is 0 Å². The zero-order valence-electron chi connectivity index (χ0n) is 23.7. The van der Waals surface area contributed by atoms with Crippen molar-refractivity contribution in [3.8, 4) is 0 Å². The summed E-state index contributed by atoms with van der Waals surface area (Å²) in [4.78, 5) is 27.2. The first-order valence-electron chi connectivity index (χ1n) is 14.2. The van der Waals surface area contributed by atoms with E-state index in [4.69, 9.17) is 14.2 Å². The number of hydrogen-bond donors (Lipinski definition) is 0. The van der Waals surface area contributed by atoms with Crippen molar-refractivity contribution in [2.75, 3.05) is 0 Å². The third-order valence-corrected chi connectivity index (χ3v) is 10.7.